The third kappa shape index (κ3) is 3.19. The fraction of sp³-hybridized carbons (Fsp3) is 0.318. The predicted octanol–water partition coefficient (Wildman–Crippen LogP) is 4.38. The molecular weight excluding hydrogens is 340 g/mol. The van der Waals surface area contributed by atoms with Gasteiger partial charge in [0.1, 0.15) is 11.5 Å². The lowest BCUT2D eigenvalue weighted by atomic mass is 9.86. The van der Waals surface area contributed by atoms with Crippen LogP contribution in [0.2, 0.25) is 0 Å². The summed E-state index contributed by atoms with van der Waals surface area (Å²) in [5.41, 5.74) is 1.94. The van der Waals surface area contributed by atoms with E-state index in [1.807, 2.05) is 42.5 Å². The SMILES string of the molecule is O=C(NC1CC2CCN1CC2)c1ccc(-c2ccc(-c3ccco3)cc2)o1. The van der Waals surface area contributed by atoms with Crippen molar-refractivity contribution in [3.8, 4) is 22.6 Å². The van der Waals surface area contributed by atoms with E-state index < -0.39 is 0 Å². The fourth-order valence-electron chi connectivity index (χ4n) is 4.19. The van der Waals surface area contributed by atoms with E-state index >= 15 is 0 Å². The lowest BCUT2D eigenvalue weighted by Crippen LogP contribution is -2.56. The number of carbonyl (C=O) groups excluding carboxylic acids is 1. The number of nitrogens with one attached hydrogen (secondary N) is 1. The molecule has 5 heterocycles. The Morgan fingerprint density at radius 1 is 0.963 bits per heavy atom. The van der Waals surface area contributed by atoms with E-state index in [0.29, 0.717) is 11.5 Å². The van der Waals surface area contributed by atoms with Gasteiger partial charge < -0.3 is 14.2 Å². The van der Waals surface area contributed by atoms with Crippen LogP contribution >= 0.6 is 0 Å². The monoisotopic (exact) mass is 362 g/mol. The van der Waals surface area contributed by atoms with Gasteiger partial charge in [0.25, 0.3) is 5.91 Å². The van der Waals surface area contributed by atoms with Gasteiger partial charge in [0, 0.05) is 24.2 Å². The first-order valence-corrected chi connectivity index (χ1v) is 9.55. The van der Waals surface area contributed by atoms with Gasteiger partial charge in [0.2, 0.25) is 0 Å². The van der Waals surface area contributed by atoms with Crippen molar-refractivity contribution in [3.63, 3.8) is 0 Å². The summed E-state index contributed by atoms with van der Waals surface area (Å²) in [4.78, 5) is 15.0. The van der Waals surface area contributed by atoms with Gasteiger partial charge in [0.15, 0.2) is 5.76 Å². The van der Waals surface area contributed by atoms with Gasteiger partial charge >= 0.3 is 0 Å². The molecule has 3 aliphatic rings. The molecule has 1 N–H and O–H groups in total. The summed E-state index contributed by atoms with van der Waals surface area (Å²) >= 11 is 0. The Bertz CT molecular complexity index is 919. The van der Waals surface area contributed by atoms with E-state index in [-0.39, 0.29) is 12.1 Å². The Morgan fingerprint density at radius 3 is 2.33 bits per heavy atom. The molecule has 3 aliphatic heterocycles. The summed E-state index contributed by atoms with van der Waals surface area (Å²) in [6, 6.07) is 15.3. The van der Waals surface area contributed by atoms with Crippen LogP contribution < -0.4 is 5.32 Å². The first-order valence-electron chi connectivity index (χ1n) is 9.55. The van der Waals surface area contributed by atoms with Gasteiger partial charge in [0.05, 0.1) is 12.4 Å². The van der Waals surface area contributed by atoms with Crippen LogP contribution in [-0.4, -0.2) is 30.1 Å². The van der Waals surface area contributed by atoms with Crippen molar-refractivity contribution in [2.75, 3.05) is 13.1 Å². The number of fused-ring (bicyclic) bond motifs is 3. The van der Waals surface area contributed by atoms with Crippen molar-refractivity contribution >= 4 is 5.91 Å². The Kier molecular flexibility index (Phi) is 4.09. The van der Waals surface area contributed by atoms with Crippen molar-refractivity contribution in [1.29, 1.82) is 0 Å². The van der Waals surface area contributed by atoms with Gasteiger partial charge in [-0.05, 0) is 49.4 Å². The van der Waals surface area contributed by atoms with Crippen molar-refractivity contribution < 1.29 is 13.6 Å². The highest BCUT2D eigenvalue weighted by molar-refractivity contribution is 5.92. The van der Waals surface area contributed by atoms with Crippen LogP contribution in [0.5, 0.6) is 0 Å². The summed E-state index contributed by atoms with van der Waals surface area (Å²) in [5, 5.41) is 3.14. The number of carbonyl (C=O) groups is 1. The molecular formula is C22H22N2O3. The molecule has 138 valence electrons. The Hall–Kier alpha value is -2.79. The zero-order chi connectivity index (χ0) is 18.2. The maximum absolute atomic E-state index is 12.6. The zero-order valence-corrected chi connectivity index (χ0v) is 15.1. The maximum atomic E-state index is 12.6. The molecule has 3 fully saturated rings. The van der Waals surface area contributed by atoms with Gasteiger partial charge in [-0.2, -0.15) is 0 Å². The van der Waals surface area contributed by atoms with Gasteiger partial charge in [-0.1, -0.05) is 24.3 Å². The van der Waals surface area contributed by atoms with Crippen LogP contribution in [0, 0.1) is 5.92 Å². The summed E-state index contributed by atoms with van der Waals surface area (Å²) in [6.07, 6.45) is 5.37. The van der Waals surface area contributed by atoms with E-state index in [1.54, 1.807) is 12.3 Å². The molecule has 27 heavy (non-hydrogen) atoms. The van der Waals surface area contributed by atoms with E-state index in [0.717, 1.165) is 42.3 Å². The highest BCUT2D eigenvalue weighted by atomic mass is 16.4. The highest BCUT2D eigenvalue weighted by Crippen LogP contribution is 2.31. The lowest BCUT2D eigenvalue weighted by molar-refractivity contribution is 0.0286. The Morgan fingerprint density at radius 2 is 1.70 bits per heavy atom. The van der Waals surface area contributed by atoms with Crippen LogP contribution in [0.1, 0.15) is 29.8 Å². The number of benzene rings is 1. The molecule has 6 rings (SSSR count). The smallest absolute Gasteiger partial charge is 0.288 e. The zero-order valence-electron chi connectivity index (χ0n) is 15.1. The van der Waals surface area contributed by atoms with Crippen molar-refractivity contribution in [3.05, 3.63) is 60.6 Å². The Labute approximate surface area is 158 Å². The number of amides is 1. The molecule has 2 bridgehead atoms. The van der Waals surface area contributed by atoms with Gasteiger partial charge in [-0.25, -0.2) is 0 Å². The van der Waals surface area contributed by atoms with Crippen LogP contribution in [0.15, 0.2) is 63.6 Å². The molecule has 0 aliphatic carbocycles. The summed E-state index contributed by atoms with van der Waals surface area (Å²) in [7, 11) is 0. The molecule has 1 atom stereocenters. The van der Waals surface area contributed by atoms with Crippen molar-refractivity contribution in [2.45, 2.75) is 25.4 Å². The normalized spacial score (nSPS) is 24.1. The molecule has 0 spiro atoms. The molecule has 0 saturated carbocycles. The molecule has 3 saturated heterocycles. The minimum Gasteiger partial charge on any atom is -0.464 e. The third-order valence-corrected chi connectivity index (χ3v) is 5.75. The average molecular weight is 362 g/mol. The van der Waals surface area contributed by atoms with E-state index in [1.165, 1.54) is 12.8 Å². The van der Waals surface area contributed by atoms with Gasteiger partial charge in [-0.3, -0.25) is 9.69 Å². The van der Waals surface area contributed by atoms with E-state index in [2.05, 4.69) is 10.2 Å². The largest absolute Gasteiger partial charge is 0.464 e. The minimum atomic E-state index is -0.133. The third-order valence-electron chi connectivity index (χ3n) is 5.75. The molecule has 5 nitrogen and oxygen atoms in total. The average Bonchev–Trinajstić information content (AvgIpc) is 3.41. The number of furan rings is 2. The molecule has 2 aromatic heterocycles. The summed E-state index contributed by atoms with van der Waals surface area (Å²) in [5.74, 6) is 2.50. The molecule has 5 heteroatoms. The number of nitrogens with zero attached hydrogens (tertiary/aromatic N) is 1. The highest BCUT2D eigenvalue weighted by Gasteiger charge is 2.34. The second-order valence-electron chi connectivity index (χ2n) is 7.42. The second kappa shape index (κ2) is 6.74. The Balaban J connectivity index is 1.28. The lowest BCUT2D eigenvalue weighted by Gasteiger charge is -2.45. The number of hydrogen-bond acceptors (Lipinski definition) is 4. The number of hydrogen-bond donors (Lipinski definition) is 1. The fourth-order valence-corrected chi connectivity index (χ4v) is 4.19. The quantitative estimate of drug-likeness (QED) is 0.748. The first-order chi connectivity index (χ1) is 13.3. The van der Waals surface area contributed by atoms with Crippen LogP contribution in [0.4, 0.5) is 0 Å². The summed E-state index contributed by atoms with van der Waals surface area (Å²) in [6.45, 7) is 2.17. The van der Waals surface area contributed by atoms with Crippen LogP contribution in [-0.2, 0) is 0 Å². The molecule has 1 unspecified atom stereocenters. The topological polar surface area (TPSA) is 58.6 Å². The molecule has 1 aromatic carbocycles. The first kappa shape index (κ1) is 16.4. The number of rotatable bonds is 4. The maximum Gasteiger partial charge on any atom is 0.288 e. The van der Waals surface area contributed by atoms with Gasteiger partial charge in [-0.15, -0.1) is 0 Å². The van der Waals surface area contributed by atoms with E-state index in [4.69, 9.17) is 8.83 Å². The van der Waals surface area contributed by atoms with Crippen molar-refractivity contribution in [2.24, 2.45) is 5.92 Å². The summed E-state index contributed by atoms with van der Waals surface area (Å²) < 4.78 is 11.2. The van der Waals surface area contributed by atoms with E-state index in [9.17, 15) is 4.79 Å². The second-order valence-corrected chi connectivity index (χ2v) is 7.42. The molecule has 0 radical (unpaired) electrons. The predicted molar refractivity (Wildman–Crippen MR) is 102 cm³/mol. The number of piperidine rings is 3. The minimum absolute atomic E-state index is 0.133. The van der Waals surface area contributed by atoms with Crippen molar-refractivity contribution in [1.82, 2.24) is 10.2 Å². The van der Waals surface area contributed by atoms with Crippen LogP contribution in [0.3, 0.4) is 0 Å². The molecule has 3 aromatic rings. The van der Waals surface area contributed by atoms with Crippen LogP contribution in [0.25, 0.3) is 22.6 Å². The standard InChI is InChI=1S/C22H22N2O3/c25-22(23-21-14-15-9-11-24(21)12-10-15)20-8-7-19(27-20)17-5-3-16(4-6-17)18-2-1-13-26-18/h1-8,13,15,21H,9-12,14H2,(H,23,25). The molecule has 1 amide bonds.